The zero-order valence-corrected chi connectivity index (χ0v) is 9.94. The van der Waals surface area contributed by atoms with Gasteiger partial charge in [-0.05, 0) is 41.0 Å². The topological polar surface area (TPSA) is 18.5 Å². The average molecular weight is 188 g/mol. The van der Waals surface area contributed by atoms with Crippen LogP contribution in [0.3, 0.4) is 0 Å². The van der Waals surface area contributed by atoms with Crippen LogP contribution in [0, 0.1) is 0 Å². The van der Waals surface area contributed by atoms with Crippen molar-refractivity contribution in [3.05, 3.63) is 0 Å². The van der Waals surface area contributed by atoms with Gasteiger partial charge in [-0.3, -0.25) is 0 Å². The highest BCUT2D eigenvalue weighted by Crippen LogP contribution is 2.15. The monoisotopic (exact) mass is 188 g/mol. The van der Waals surface area contributed by atoms with E-state index in [0.29, 0.717) is 6.61 Å². The quantitative estimate of drug-likeness (QED) is 0.660. The van der Waals surface area contributed by atoms with Gasteiger partial charge in [0, 0.05) is 6.61 Å². The third-order valence-electron chi connectivity index (χ3n) is 1.55. The molecule has 0 aromatic carbocycles. The van der Waals surface area contributed by atoms with Gasteiger partial charge in [0.05, 0.1) is 17.8 Å². The second kappa shape index (κ2) is 4.97. The van der Waals surface area contributed by atoms with Crippen LogP contribution < -0.4 is 0 Å². The Morgan fingerprint density at radius 1 is 0.923 bits per heavy atom. The van der Waals surface area contributed by atoms with Crippen LogP contribution in [0.15, 0.2) is 0 Å². The first kappa shape index (κ1) is 12.9. The maximum atomic E-state index is 5.67. The molecule has 0 rings (SSSR count). The van der Waals surface area contributed by atoms with E-state index in [2.05, 4.69) is 41.5 Å². The van der Waals surface area contributed by atoms with E-state index >= 15 is 0 Å². The van der Waals surface area contributed by atoms with Crippen molar-refractivity contribution in [3.8, 4) is 0 Å². The van der Waals surface area contributed by atoms with Crippen LogP contribution in [0.2, 0.25) is 0 Å². The molecule has 0 aromatic rings. The Kier molecular flexibility index (Phi) is 4.93. The first-order valence-corrected chi connectivity index (χ1v) is 5.05. The van der Waals surface area contributed by atoms with E-state index in [9.17, 15) is 0 Å². The van der Waals surface area contributed by atoms with Gasteiger partial charge in [0.15, 0.2) is 0 Å². The van der Waals surface area contributed by atoms with Gasteiger partial charge < -0.3 is 9.47 Å². The lowest BCUT2D eigenvalue weighted by atomic mass is 10.1. The molecule has 0 aliphatic carbocycles. The summed E-state index contributed by atoms with van der Waals surface area (Å²) in [5.41, 5.74) is -0.240. The van der Waals surface area contributed by atoms with Crippen molar-refractivity contribution in [2.24, 2.45) is 0 Å². The highest BCUT2D eigenvalue weighted by atomic mass is 16.5. The van der Waals surface area contributed by atoms with Crippen LogP contribution in [-0.2, 0) is 9.47 Å². The predicted octanol–water partition coefficient (Wildman–Crippen LogP) is 3.01. The molecule has 2 nitrogen and oxygen atoms in total. The molecule has 0 N–H and O–H groups in total. The lowest BCUT2D eigenvalue weighted by molar-refractivity contribution is -0.114. The number of hydrogen-bond donors (Lipinski definition) is 0. The van der Waals surface area contributed by atoms with Gasteiger partial charge in [0.25, 0.3) is 0 Å². The molecule has 0 amide bonds. The van der Waals surface area contributed by atoms with Crippen molar-refractivity contribution in [2.45, 2.75) is 59.2 Å². The Bertz CT molecular complexity index is 134. The zero-order valence-electron chi connectivity index (χ0n) is 9.94. The van der Waals surface area contributed by atoms with E-state index in [-0.39, 0.29) is 11.2 Å². The Balaban J connectivity index is 3.75. The van der Waals surface area contributed by atoms with E-state index in [1.54, 1.807) is 0 Å². The van der Waals surface area contributed by atoms with Gasteiger partial charge in [0.2, 0.25) is 0 Å². The van der Waals surface area contributed by atoms with Crippen molar-refractivity contribution in [1.82, 2.24) is 0 Å². The first-order chi connectivity index (χ1) is 5.77. The van der Waals surface area contributed by atoms with Crippen molar-refractivity contribution in [1.29, 1.82) is 0 Å². The molecule has 0 radical (unpaired) electrons. The molecule has 0 aliphatic rings. The Labute approximate surface area is 82.6 Å². The molecule has 2 heteroatoms. The summed E-state index contributed by atoms with van der Waals surface area (Å²) < 4.78 is 11.3. The Hall–Kier alpha value is -0.0800. The van der Waals surface area contributed by atoms with Crippen LogP contribution >= 0.6 is 0 Å². The molecule has 0 unspecified atom stereocenters. The summed E-state index contributed by atoms with van der Waals surface area (Å²) in [5, 5.41) is 0. The fraction of sp³-hybridized carbons (Fsp3) is 1.00. The maximum Gasteiger partial charge on any atom is 0.0859 e. The predicted molar refractivity (Wildman–Crippen MR) is 56.0 cm³/mol. The van der Waals surface area contributed by atoms with Crippen molar-refractivity contribution in [3.63, 3.8) is 0 Å². The number of ether oxygens (including phenoxy) is 2. The number of rotatable bonds is 5. The third kappa shape index (κ3) is 8.26. The molecule has 0 aromatic heterocycles. The normalized spacial score (nSPS) is 13.4. The SMILES string of the molecule is CCCOC(C)(C)COC(C)(C)C. The van der Waals surface area contributed by atoms with E-state index in [1.807, 2.05) is 0 Å². The Morgan fingerprint density at radius 3 is 1.85 bits per heavy atom. The minimum absolute atomic E-state index is 0.0765. The highest BCUT2D eigenvalue weighted by Gasteiger charge is 2.21. The summed E-state index contributed by atoms with van der Waals surface area (Å²) in [6.45, 7) is 13.9. The van der Waals surface area contributed by atoms with Crippen LogP contribution in [-0.4, -0.2) is 24.4 Å². The molecule has 0 saturated carbocycles. The average Bonchev–Trinajstić information content (AvgIpc) is 1.97. The molecule has 0 aliphatic heterocycles. The largest absolute Gasteiger partial charge is 0.373 e. The summed E-state index contributed by atoms with van der Waals surface area (Å²) in [6, 6.07) is 0. The molecular formula is C11H24O2. The second-order valence-corrected chi connectivity index (χ2v) is 5.01. The molecule has 13 heavy (non-hydrogen) atoms. The van der Waals surface area contributed by atoms with Crippen molar-refractivity contribution >= 4 is 0 Å². The van der Waals surface area contributed by atoms with Gasteiger partial charge >= 0.3 is 0 Å². The zero-order chi connectivity index (χ0) is 10.5. The van der Waals surface area contributed by atoms with Crippen LogP contribution in [0.4, 0.5) is 0 Å². The minimum Gasteiger partial charge on any atom is -0.373 e. The lowest BCUT2D eigenvalue weighted by Crippen LogP contribution is -2.35. The molecule has 0 atom stereocenters. The van der Waals surface area contributed by atoms with Crippen molar-refractivity contribution < 1.29 is 9.47 Å². The van der Waals surface area contributed by atoms with Gasteiger partial charge in [0.1, 0.15) is 0 Å². The number of hydrogen-bond acceptors (Lipinski definition) is 2. The van der Waals surface area contributed by atoms with Crippen LogP contribution in [0.5, 0.6) is 0 Å². The summed E-state index contributed by atoms with van der Waals surface area (Å²) in [4.78, 5) is 0. The molecule has 0 fully saturated rings. The van der Waals surface area contributed by atoms with E-state index < -0.39 is 0 Å². The maximum absolute atomic E-state index is 5.67. The van der Waals surface area contributed by atoms with Gasteiger partial charge in [-0.25, -0.2) is 0 Å². The first-order valence-electron chi connectivity index (χ1n) is 5.05. The molecular weight excluding hydrogens is 164 g/mol. The fourth-order valence-corrected chi connectivity index (χ4v) is 0.810. The molecule has 0 spiro atoms. The van der Waals surface area contributed by atoms with Gasteiger partial charge in [-0.1, -0.05) is 6.92 Å². The minimum atomic E-state index is -0.163. The lowest BCUT2D eigenvalue weighted by Gasteiger charge is -2.29. The summed E-state index contributed by atoms with van der Waals surface area (Å²) in [6.07, 6.45) is 1.05. The van der Waals surface area contributed by atoms with E-state index in [4.69, 9.17) is 9.47 Å². The standard InChI is InChI=1S/C11H24O2/c1-7-8-12-11(5,6)9-13-10(2,3)4/h7-9H2,1-6H3. The molecule has 0 heterocycles. The van der Waals surface area contributed by atoms with E-state index in [1.165, 1.54) is 0 Å². The molecule has 0 saturated heterocycles. The highest BCUT2D eigenvalue weighted by molar-refractivity contribution is 4.70. The Morgan fingerprint density at radius 2 is 1.46 bits per heavy atom. The van der Waals surface area contributed by atoms with Crippen LogP contribution in [0.25, 0.3) is 0 Å². The molecule has 0 bridgehead atoms. The van der Waals surface area contributed by atoms with Gasteiger partial charge in [-0.2, -0.15) is 0 Å². The van der Waals surface area contributed by atoms with Crippen molar-refractivity contribution in [2.75, 3.05) is 13.2 Å². The molecule has 80 valence electrons. The third-order valence-corrected chi connectivity index (χ3v) is 1.55. The van der Waals surface area contributed by atoms with Gasteiger partial charge in [-0.15, -0.1) is 0 Å². The fourth-order valence-electron chi connectivity index (χ4n) is 0.810. The van der Waals surface area contributed by atoms with Crippen LogP contribution in [0.1, 0.15) is 48.0 Å². The summed E-state index contributed by atoms with van der Waals surface area (Å²) >= 11 is 0. The summed E-state index contributed by atoms with van der Waals surface area (Å²) in [5.74, 6) is 0. The second-order valence-electron chi connectivity index (χ2n) is 5.01. The van der Waals surface area contributed by atoms with E-state index in [0.717, 1.165) is 13.0 Å². The smallest absolute Gasteiger partial charge is 0.0859 e. The summed E-state index contributed by atoms with van der Waals surface area (Å²) in [7, 11) is 0.